The van der Waals surface area contributed by atoms with Gasteiger partial charge in [0.15, 0.2) is 0 Å². The molecule has 19 heavy (non-hydrogen) atoms. The van der Waals surface area contributed by atoms with Crippen LogP contribution in [-0.4, -0.2) is 23.4 Å². The van der Waals surface area contributed by atoms with Crippen LogP contribution in [0.4, 0.5) is 10.5 Å². The van der Waals surface area contributed by atoms with Gasteiger partial charge in [-0.15, -0.1) is 0 Å². The number of hydrogen-bond donors (Lipinski definition) is 0. The molecule has 1 aromatic rings. The molecule has 0 saturated carbocycles. The van der Waals surface area contributed by atoms with E-state index < -0.39 is 23.4 Å². The number of anilines is 1. The van der Waals surface area contributed by atoms with Crippen molar-refractivity contribution in [2.45, 2.75) is 26.4 Å². The lowest BCUT2D eigenvalue weighted by atomic mass is 10.1. The van der Waals surface area contributed by atoms with Crippen molar-refractivity contribution in [2.24, 2.45) is 0 Å². The Balaban J connectivity index is 2.42. The second-order valence-electron chi connectivity index (χ2n) is 5.11. The Bertz CT molecular complexity index is 589. The van der Waals surface area contributed by atoms with Crippen LogP contribution in [0.1, 0.15) is 31.1 Å². The normalized spacial score (nSPS) is 14.6. The summed E-state index contributed by atoms with van der Waals surface area (Å²) < 4.78 is 5.11. The molecule has 0 unspecified atom stereocenters. The topological polar surface area (TPSA) is 63.7 Å². The predicted octanol–water partition coefficient (Wildman–Crippen LogP) is 2.80. The standard InChI is InChI=1S/C13H12ClNO4/c1-13(2,3)19-12(18)15-9-5-4-7(14)6-8(9)10(16)11(15)17/h4-6H,1-3H3. The van der Waals surface area contributed by atoms with Crippen LogP contribution in [0.15, 0.2) is 18.2 Å². The van der Waals surface area contributed by atoms with Crippen LogP contribution in [0.5, 0.6) is 0 Å². The quantitative estimate of drug-likeness (QED) is 0.686. The first-order valence-corrected chi connectivity index (χ1v) is 6.00. The van der Waals surface area contributed by atoms with Gasteiger partial charge in [0.25, 0.3) is 5.78 Å². The number of amides is 2. The van der Waals surface area contributed by atoms with Crippen molar-refractivity contribution in [2.75, 3.05) is 4.90 Å². The maximum Gasteiger partial charge on any atom is 0.422 e. The average Bonchev–Trinajstić information content (AvgIpc) is 2.50. The van der Waals surface area contributed by atoms with Gasteiger partial charge in [-0.1, -0.05) is 11.6 Å². The Labute approximate surface area is 115 Å². The molecule has 0 spiro atoms. The van der Waals surface area contributed by atoms with Gasteiger partial charge in [0, 0.05) is 5.02 Å². The molecule has 0 N–H and O–H groups in total. The summed E-state index contributed by atoms with van der Waals surface area (Å²) in [6, 6.07) is 4.31. The minimum atomic E-state index is -0.925. The molecular formula is C13H12ClNO4. The van der Waals surface area contributed by atoms with Crippen molar-refractivity contribution < 1.29 is 19.1 Å². The average molecular weight is 282 g/mol. The van der Waals surface area contributed by atoms with E-state index in [1.807, 2.05) is 0 Å². The number of halogens is 1. The van der Waals surface area contributed by atoms with Crippen molar-refractivity contribution in [3.05, 3.63) is 28.8 Å². The van der Waals surface area contributed by atoms with Crippen LogP contribution in [-0.2, 0) is 9.53 Å². The minimum absolute atomic E-state index is 0.114. The van der Waals surface area contributed by atoms with Gasteiger partial charge in [0.1, 0.15) is 5.60 Å². The van der Waals surface area contributed by atoms with Crippen LogP contribution in [0, 0.1) is 0 Å². The lowest BCUT2D eigenvalue weighted by Crippen LogP contribution is -2.40. The summed E-state index contributed by atoms with van der Waals surface area (Å²) >= 11 is 5.77. The van der Waals surface area contributed by atoms with Gasteiger partial charge >= 0.3 is 12.0 Å². The lowest BCUT2D eigenvalue weighted by molar-refractivity contribution is -0.114. The monoisotopic (exact) mass is 281 g/mol. The van der Waals surface area contributed by atoms with E-state index in [4.69, 9.17) is 16.3 Å². The molecule has 100 valence electrons. The number of Topliss-reactive ketones (excluding diaryl/α,β-unsaturated/α-hetero) is 1. The highest BCUT2D eigenvalue weighted by atomic mass is 35.5. The van der Waals surface area contributed by atoms with Gasteiger partial charge in [-0.05, 0) is 39.0 Å². The summed E-state index contributed by atoms with van der Waals surface area (Å²) in [6.07, 6.45) is -0.869. The summed E-state index contributed by atoms with van der Waals surface area (Å²) in [5.41, 5.74) is -0.438. The molecular weight excluding hydrogens is 270 g/mol. The van der Waals surface area contributed by atoms with Crippen LogP contribution < -0.4 is 4.90 Å². The highest BCUT2D eigenvalue weighted by Crippen LogP contribution is 2.32. The molecule has 1 heterocycles. The molecule has 1 aliphatic rings. The van der Waals surface area contributed by atoms with E-state index in [0.29, 0.717) is 5.02 Å². The van der Waals surface area contributed by atoms with Crippen LogP contribution >= 0.6 is 11.6 Å². The van der Waals surface area contributed by atoms with E-state index in [2.05, 4.69) is 0 Å². The van der Waals surface area contributed by atoms with Crippen LogP contribution in [0.25, 0.3) is 0 Å². The highest BCUT2D eigenvalue weighted by Gasteiger charge is 2.41. The summed E-state index contributed by atoms with van der Waals surface area (Å²) in [7, 11) is 0. The van der Waals surface area contributed by atoms with E-state index in [-0.39, 0.29) is 11.3 Å². The van der Waals surface area contributed by atoms with Crippen molar-refractivity contribution in [3.8, 4) is 0 Å². The number of rotatable bonds is 0. The number of fused-ring (bicyclic) bond motifs is 1. The first-order chi connectivity index (χ1) is 8.70. The molecule has 6 heteroatoms. The molecule has 1 aliphatic heterocycles. The van der Waals surface area contributed by atoms with Crippen molar-refractivity contribution in [3.63, 3.8) is 0 Å². The summed E-state index contributed by atoms with van der Waals surface area (Å²) in [6.45, 7) is 5.03. The van der Waals surface area contributed by atoms with Gasteiger partial charge in [-0.25, -0.2) is 9.69 Å². The molecule has 0 saturated heterocycles. The van der Waals surface area contributed by atoms with Crippen molar-refractivity contribution in [1.82, 2.24) is 0 Å². The molecule has 2 amide bonds. The fraction of sp³-hybridized carbons (Fsp3) is 0.308. The largest absolute Gasteiger partial charge is 0.443 e. The number of carbonyl (C=O) groups is 3. The van der Waals surface area contributed by atoms with Crippen molar-refractivity contribution >= 4 is 35.1 Å². The molecule has 0 radical (unpaired) electrons. The van der Waals surface area contributed by atoms with Gasteiger partial charge < -0.3 is 4.74 Å². The SMILES string of the molecule is CC(C)(C)OC(=O)N1C(=O)C(=O)c2cc(Cl)ccc21. The summed E-state index contributed by atoms with van der Waals surface area (Å²) in [5.74, 6) is -1.69. The Hall–Kier alpha value is -1.88. The number of ketones is 1. The third-order valence-electron chi connectivity index (χ3n) is 2.42. The Morgan fingerprint density at radius 3 is 2.47 bits per heavy atom. The predicted molar refractivity (Wildman–Crippen MR) is 69.5 cm³/mol. The van der Waals surface area contributed by atoms with Gasteiger partial charge in [-0.2, -0.15) is 0 Å². The molecule has 2 rings (SSSR count). The second-order valence-corrected chi connectivity index (χ2v) is 5.55. The molecule has 0 atom stereocenters. The zero-order valence-corrected chi connectivity index (χ0v) is 11.4. The highest BCUT2D eigenvalue weighted by molar-refractivity contribution is 6.56. The van der Waals surface area contributed by atoms with E-state index in [0.717, 1.165) is 4.90 Å². The zero-order chi connectivity index (χ0) is 14.4. The number of imide groups is 1. The smallest absolute Gasteiger partial charge is 0.422 e. The minimum Gasteiger partial charge on any atom is -0.443 e. The number of carbonyl (C=O) groups excluding carboxylic acids is 3. The maximum atomic E-state index is 12.0. The van der Waals surface area contributed by atoms with E-state index in [1.54, 1.807) is 20.8 Å². The fourth-order valence-corrected chi connectivity index (χ4v) is 1.87. The van der Waals surface area contributed by atoms with Gasteiger partial charge in [-0.3, -0.25) is 9.59 Å². The molecule has 0 fully saturated rings. The number of ether oxygens (including phenoxy) is 1. The van der Waals surface area contributed by atoms with Crippen LogP contribution in [0.3, 0.4) is 0 Å². The lowest BCUT2D eigenvalue weighted by Gasteiger charge is -2.23. The summed E-state index contributed by atoms with van der Waals surface area (Å²) in [4.78, 5) is 36.3. The number of hydrogen-bond acceptors (Lipinski definition) is 4. The molecule has 5 nitrogen and oxygen atoms in total. The van der Waals surface area contributed by atoms with Gasteiger partial charge in [0.2, 0.25) is 0 Å². The third kappa shape index (κ3) is 2.46. The Kier molecular flexibility index (Phi) is 3.10. The van der Waals surface area contributed by atoms with E-state index in [9.17, 15) is 14.4 Å². The van der Waals surface area contributed by atoms with E-state index in [1.165, 1.54) is 18.2 Å². The Morgan fingerprint density at radius 1 is 1.26 bits per heavy atom. The molecule has 0 bridgehead atoms. The van der Waals surface area contributed by atoms with Crippen molar-refractivity contribution in [1.29, 1.82) is 0 Å². The van der Waals surface area contributed by atoms with Crippen LogP contribution in [0.2, 0.25) is 5.02 Å². The number of benzene rings is 1. The first-order valence-electron chi connectivity index (χ1n) is 5.62. The molecule has 0 aliphatic carbocycles. The van der Waals surface area contributed by atoms with Gasteiger partial charge in [0.05, 0.1) is 11.3 Å². The summed E-state index contributed by atoms with van der Waals surface area (Å²) in [5, 5.41) is 0.325. The van der Waals surface area contributed by atoms with E-state index >= 15 is 0 Å². The maximum absolute atomic E-state index is 12.0. The molecule has 1 aromatic carbocycles. The third-order valence-corrected chi connectivity index (χ3v) is 2.65. The Morgan fingerprint density at radius 2 is 1.89 bits per heavy atom. The zero-order valence-electron chi connectivity index (χ0n) is 10.7. The second kappa shape index (κ2) is 4.35. The first kappa shape index (κ1) is 13.5. The number of nitrogens with zero attached hydrogens (tertiary/aromatic N) is 1. The molecule has 0 aromatic heterocycles. The fourth-order valence-electron chi connectivity index (χ4n) is 1.70.